The molecule has 1 aromatic rings. The van der Waals surface area contributed by atoms with Crippen LogP contribution in [0.15, 0.2) is 6.07 Å². The molecule has 0 N–H and O–H groups in total. The largest absolute Gasteiger partial charge is 0.469 e. The summed E-state index contributed by atoms with van der Waals surface area (Å²) in [5.41, 5.74) is -0.825. The molecule has 0 aromatic carbocycles. The van der Waals surface area contributed by atoms with E-state index < -0.39 is 35.1 Å². The number of aromatic nitrogens is 1. The highest BCUT2D eigenvalue weighted by atomic mass is 19.3. The number of pyridine rings is 1. The lowest BCUT2D eigenvalue weighted by Gasteiger charge is -2.06. The van der Waals surface area contributed by atoms with Crippen LogP contribution in [0.4, 0.5) is 14.6 Å². The Hall–Kier alpha value is -2.12. The van der Waals surface area contributed by atoms with Crippen molar-refractivity contribution in [2.45, 2.75) is 19.8 Å². The van der Waals surface area contributed by atoms with Gasteiger partial charge in [-0.1, -0.05) is 0 Å². The lowest BCUT2D eigenvalue weighted by atomic mass is 10.1. The lowest BCUT2D eigenvalue weighted by Crippen LogP contribution is -2.09. The second-order valence-corrected chi connectivity index (χ2v) is 3.46. The minimum Gasteiger partial charge on any atom is -0.469 e. The summed E-state index contributed by atoms with van der Waals surface area (Å²) in [6.45, 7) is 1.19. The molecular weight excluding hydrogens is 250 g/mol. The molecule has 6 nitrogen and oxygen atoms in total. The van der Waals surface area contributed by atoms with Crippen molar-refractivity contribution < 1.29 is 23.2 Å². The first-order valence-corrected chi connectivity index (χ1v) is 4.86. The average molecular weight is 260 g/mol. The van der Waals surface area contributed by atoms with Crippen LogP contribution < -0.4 is 0 Å². The Morgan fingerprint density at radius 2 is 2.22 bits per heavy atom. The van der Waals surface area contributed by atoms with Crippen molar-refractivity contribution in [1.29, 1.82) is 0 Å². The molecule has 0 amide bonds. The summed E-state index contributed by atoms with van der Waals surface area (Å²) in [4.78, 5) is 24.4. The molecule has 8 heteroatoms. The van der Waals surface area contributed by atoms with E-state index in [1.807, 2.05) is 0 Å². The molecule has 18 heavy (non-hydrogen) atoms. The lowest BCUT2D eigenvalue weighted by molar-refractivity contribution is -0.390. The fourth-order valence-corrected chi connectivity index (χ4v) is 1.38. The minimum atomic E-state index is -2.87. The molecule has 0 aliphatic carbocycles. The maximum atomic E-state index is 12.7. The normalized spacial score (nSPS) is 10.5. The monoisotopic (exact) mass is 260 g/mol. The van der Waals surface area contributed by atoms with E-state index in [2.05, 4.69) is 9.72 Å². The predicted molar refractivity (Wildman–Crippen MR) is 56.3 cm³/mol. The van der Waals surface area contributed by atoms with E-state index in [1.165, 1.54) is 6.92 Å². The van der Waals surface area contributed by atoms with Crippen LogP contribution in [0.5, 0.6) is 0 Å². The van der Waals surface area contributed by atoms with E-state index >= 15 is 0 Å². The van der Waals surface area contributed by atoms with Crippen LogP contribution in [0, 0.1) is 17.0 Å². The number of rotatable bonds is 4. The second-order valence-electron chi connectivity index (χ2n) is 3.46. The molecule has 0 radical (unpaired) electrons. The Morgan fingerprint density at radius 3 is 2.67 bits per heavy atom. The van der Waals surface area contributed by atoms with E-state index in [0.29, 0.717) is 0 Å². The molecule has 0 saturated carbocycles. The summed E-state index contributed by atoms with van der Waals surface area (Å²) in [5, 5.41) is 10.7. The molecule has 0 aliphatic rings. The highest BCUT2D eigenvalue weighted by Crippen LogP contribution is 2.28. The third-order valence-corrected chi connectivity index (χ3v) is 2.30. The van der Waals surface area contributed by atoms with Gasteiger partial charge in [0.15, 0.2) is 5.69 Å². The van der Waals surface area contributed by atoms with Crippen LogP contribution in [0.25, 0.3) is 0 Å². The maximum Gasteiger partial charge on any atom is 0.367 e. The molecule has 0 bridgehead atoms. The van der Waals surface area contributed by atoms with Gasteiger partial charge in [0.25, 0.3) is 6.43 Å². The van der Waals surface area contributed by atoms with Crippen molar-refractivity contribution in [3.05, 3.63) is 33.0 Å². The van der Waals surface area contributed by atoms with Crippen LogP contribution in [0.3, 0.4) is 0 Å². The molecule has 1 rings (SSSR count). The van der Waals surface area contributed by atoms with Crippen LogP contribution in [-0.4, -0.2) is 23.0 Å². The standard InChI is InChI=1S/C10H10F2N2O4/c1-5-7(9(11)12)3-6(4-8(15)18-2)13-10(5)14(16)17/h3,9H,4H2,1-2H3. The summed E-state index contributed by atoms with van der Waals surface area (Å²) in [6, 6.07) is 0.976. The predicted octanol–water partition coefficient (Wildman–Crippen LogP) is 1.95. The van der Waals surface area contributed by atoms with E-state index in [4.69, 9.17) is 0 Å². The quantitative estimate of drug-likeness (QED) is 0.469. The smallest absolute Gasteiger partial charge is 0.367 e. The van der Waals surface area contributed by atoms with Gasteiger partial charge in [-0.3, -0.25) is 4.79 Å². The highest BCUT2D eigenvalue weighted by molar-refractivity contribution is 5.72. The topological polar surface area (TPSA) is 82.3 Å². The van der Waals surface area contributed by atoms with Gasteiger partial charge in [0.2, 0.25) is 0 Å². The van der Waals surface area contributed by atoms with Crippen molar-refractivity contribution >= 4 is 11.8 Å². The number of alkyl halides is 2. The Balaban J connectivity index is 3.29. The van der Waals surface area contributed by atoms with E-state index in [9.17, 15) is 23.7 Å². The van der Waals surface area contributed by atoms with Crippen molar-refractivity contribution in [3.63, 3.8) is 0 Å². The molecule has 0 saturated heterocycles. The second kappa shape index (κ2) is 5.48. The summed E-state index contributed by atoms with van der Waals surface area (Å²) < 4.78 is 29.8. The number of hydrogen-bond donors (Lipinski definition) is 0. The number of ether oxygens (including phenoxy) is 1. The van der Waals surface area contributed by atoms with Crippen LogP contribution >= 0.6 is 0 Å². The highest BCUT2D eigenvalue weighted by Gasteiger charge is 2.24. The molecule has 0 atom stereocenters. The van der Waals surface area contributed by atoms with Gasteiger partial charge in [-0.2, -0.15) is 0 Å². The summed E-state index contributed by atoms with van der Waals surface area (Å²) in [5.74, 6) is -1.38. The fraction of sp³-hybridized carbons (Fsp3) is 0.400. The van der Waals surface area contributed by atoms with Gasteiger partial charge >= 0.3 is 11.8 Å². The SMILES string of the molecule is COC(=O)Cc1cc(C(F)F)c(C)c([N+](=O)[O-])n1. The number of hydrogen-bond acceptors (Lipinski definition) is 5. The van der Waals surface area contributed by atoms with Gasteiger partial charge in [0, 0.05) is 5.56 Å². The first-order valence-electron chi connectivity index (χ1n) is 4.86. The van der Waals surface area contributed by atoms with Gasteiger partial charge in [-0.15, -0.1) is 0 Å². The molecular formula is C10H10F2N2O4. The zero-order valence-corrected chi connectivity index (χ0v) is 9.65. The Labute approximate surface area is 101 Å². The van der Waals surface area contributed by atoms with E-state index in [-0.39, 0.29) is 11.3 Å². The average Bonchev–Trinajstić information content (AvgIpc) is 2.30. The number of carbonyl (C=O) groups is 1. The van der Waals surface area contributed by atoms with Gasteiger partial charge in [0.1, 0.15) is 6.42 Å². The first kappa shape index (κ1) is 13.9. The summed E-state index contributed by atoms with van der Waals surface area (Å²) in [7, 11) is 1.12. The van der Waals surface area contributed by atoms with Crippen molar-refractivity contribution in [3.8, 4) is 0 Å². The van der Waals surface area contributed by atoms with Crippen molar-refractivity contribution in [2.24, 2.45) is 0 Å². The van der Waals surface area contributed by atoms with Crippen LogP contribution in [0.2, 0.25) is 0 Å². The number of carbonyl (C=O) groups excluding carboxylic acids is 1. The summed E-state index contributed by atoms with van der Waals surface area (Å²) >= 11 is 0. The minimum absolute atomic E-state index is 0.116. The van der Waals surface area contributed by atoms with Crippen LogP contribution in [-0.2, 0) is 16.0 Å². The van der Waals surface area contributed by atoms with E-state index in [0.717, 1.165) is 13.2 Å². The molecule has 0 spiro atoms. The maximum absolute atomic E-state index is 12.7. The molecule has 0 aliphatic heterocycles. The first-order chi connectivity index (χ1) is 8.36. The zero-order chi connectivity index (χ0) is 13.9. The number of esters is 1. The van der Waals surface area contributed by atoms with E-state index in [1.54, 1.807) is 0 Å². The van der Waals surface area contributed by atoms with Gasteiger partial charge in [-0.05, 0) is 22.9 Å². The van der Waals surface area contributed by atoms with Gasteiger partial charge in [-0.25, -0.2) is 8.78 Å². The molecule has 1 aromatic heterocycles. The third-order valence-electron chi connectivity index (χ3n) is 2.30. The number of methoxy groups -OCH3 is 1. The number of nitrogens with zero attached hydrogens (tertiary/aromatic N) is 2. The fourth-order valence-electron chi connectivity index (χ4n) is 1.38. The molecule has 98 valence electrons. The van der Waals surface area contributed by atoms with Crippen molar-refractivity contribution in [2.75, 3.05) is 7.11 Å². The number of nitro groups is 1. The molecule has 1 heterocycles. The Kier molecular flexibility index (Phi) is 4.24. The van der Waals surface area contributed by atoms with Gasteiger partial charge < -0.3 is 14.9 Å². The Bertz CT molecular complexity index is 491. The summed E-state index contributed by atoms with van der Waals surface area (Å²) in [6.07, 6.45) is -3.26. The third kappa shape index (κ3) is 2.96. The molecule has 0 fully saturated rings. The van der Waals surface area contributed by atoms with Crippen molar-refractivity contribution in [1.82, 2.24) is 4.98 Å². The van der Waals surface area contributed by atoms with Gasteiger partial charge in [0.05, 0.1) is 12.7 Å². The van der Waals surface area contributed by atoms with Crippen LogP contribution in [0.1, 0.15) is 23.2 Å². The molecule has 0 unspecified atom stereocenters. The zero-order valence-electron chi connectivity index (χ0n) is 9.65. The Morgan fingerprint density at radius 1 is 1.61 bits per heavy atom. The number of halogens is 2.